The standard InChI is InChI=1S/C16H27N5O2/c1-12(2)19(5)14-9-15(22)21(17-10-14)13-7-6-8-20(11-13)16(23)18(3)4/h9-10,12-13H,6-8,11H2,1-5H3/t13-/m0/s1. The molecule has 7 heteroatoms. The van der Waals surface area contributed by atoms with Crippen LogP contribution in [0.2, 0.25) is 0 Å². The van der Waals surface area contributed by atoms with E-state index in [0.29, 0.717) is 12.6 Å². The van der Waals surface area contributed by atoms with E-state index < -0.39 is 0 Å². The molecule has 1 aromatic rings. The van der Waals surface area contributed by atoms with Crippen LogP contribution < -0.4 is 10.5 Å². The average Bonchev–Trinajstić information content (AvgIpc) is 2.53. The van der Waals surface area contributed by atoms with Crippen LogP contribution in [-0.2, 0) is 0 Å². The molecule has 1 saturated heterocycles. The van der Waals surface area contributed by atoms with Gasteiger partial charge in [0.1, 0.15) is 0 Å². The zero-order chi connectivity index (χ0) is 17.1. The van der Waals surface area contributed by atoms with E-state index in [4.69, 9.17) is 0 Å². The summed E-state index contributed by atoms with van der Waals surface area (Å²) in [7, 11) is 5.43. The van der Waals surface area contributed by atoms with E-state index in [1.54, 1.807) is 36.2 Å². The lowest BCUT2D eigenvalue weighted by Gasteiger charge is -2.34. The third kappa shape index (κ3) is 3.83. The van der Waals surface area contributed by atoms with Crippen molar-refractivity contribution in [3.63, 3.8) is 0 Å². The lowest BCUT2D eigenvalue weighted by atomic mass is 10.1. The van der Waals surface area contributed by atoms with Gasteiger partial charge in [-0.1, -0.05) is 0 Å². The van der Waals surface area contributed by atoms with Crippen molar-refractivity contribution in [2.24, 2.45) is 0 Å². The van der Waals surface area contributed by atoms with E-state index >= 15 is 0 Å². The van der Waals surface area contributed by atoms with Gasteiger partial charge < -0.3 is 14.7 Å². The molecule has 128 valence electrons. The zero-order valence-electron chi connectivity index (χ0n) is 14.7. The van der Waals surface area contributed by atoms with Crippen LogP contribution >= 0.6 is 0 Å². The van der Waals surface area contributed by atoms with Gasteiger partial charge in [-0.25, -0.2) is 9.48 Å². The average molecular weight is 321 g/mol. The summed E-state index contributed by atoms with van der Waals surface area (Å²) in [6, 6.07) is 1.85. The molecule has 2 amide bonds. The second-order valence-electron chi connectivity index (χ2n) is 6.62. The number of hydrogen-bond donors (Lipinski definition) is 0. The van der Waals surface area contributed by atoms with Gasteiger partial charge >= 0.3 is 6.03 Å². The van der Waals surface area contributed by atoms with Crippen LogP contribution in [0.1, 0.15) is 32.7 Å². The fraction of sp³-hybridized carbons (Fsp3) is 0.688. The Balaban J connectivity index is 2.18. The first-order valence-electron chi connectivity index (χ1n) is 8.09. The third-order valence-corrected chi connectivity index (χ3v) is 4.39. The number of piperidine rings is 1. The largest absolute Gasteiger partial charge is 0.371 e. The number of carbonyl (C=O) groups is 1. The first kappa shape index (κ1) is 17.3. The number of nitrogens with zero attached hydrogens (tertiary/aromatic N) is 5. The second-order valence-corrected chi connectivity index (χ2v) is 6.62. The molecule has 0 N–H and O–H groups in total. The third-order valence-electron chi connectivity index (χ3n) is 4.39. The van der Waals surface area contributed by atoms with Crippen LogP contribution in [0.15, 0.2) is 17.1 Å². The summed E-state index contributed by atoms with van der Waals surface area (Å²) in [5, 5.41) is 4.35. The van der Waals surface area contributed by atoms with Crippen LogP contribution in [0.4, 0.5) is 10.5 Å². The maximum atomic E-state index is 12.4. The predicted molar refractivity (Wildman–Crippen MR) is 91.0 cm³/mol. The van der Waals surface area contributed by atoms with Crippen molar-refractivity contribution in [2.75, 3.05) is 39.1 Å². The van der Waals surface area contributed by atoms with E-state index in [2.05, 4.69) is 18.9 Å². The summed E-state index contributed by atoms with van der Waals surface area (Å²) in [6.07, 6.45) is 3.48. The second kappa shape index (κ2) is 7.02. The SMILES string of the molecule is CC(C)N(C)c1cnn([C@H]2CCCN(C(=O)N(C)C)C2)c(=O)c1. The summed E-state index contributed by atoms with van der Waals surface area (Å²) >= 11 is 0. The normalized spacial score (nSPS) is 18.2. The van der Waals surface area contributed by atoms with Gasteiger partial charge in [-0.3, -0.25) is 4.79 Å². The molecular weight excluding hydrogens is 294 g/mol. The highest BCUT2D eigenvalue weighted by atomic mass is 16.2. The number of carbonyl (C=O) groups excluding carboxylic acids is 1. The van der Waals surface area contributed by atoms with Crippen molar-refractivity contribution in [1.29, 1.82) is 0 Å². The van der Waals surface area contributed by atoms with Crippen molar-refractivity contribution in [3.05, 3.63) is 22.6 Å². The molecule has 0 unspecified atom stereocenters. The molecule has 1 fully saturated rings. The number of hydrogen-bond acceptors (Lipinski definition) is 4. The molecule has 1 aliphatic rings. The van der Waals surface area contributed by atoms with Crippen molar-refractivity contribution >= 4 is 11.7 Å². The number of amides is 2. The lowest BCUT2D eigenvalue weighted by Crippen LogP contribution is -2.47. The highest BCUT2D eigenvalue weighted by molar-refractivity contribution is 5.73. The summed E-state index contributed by atoms with van der Waals surface area (Å²) in [6.45, 7) is 5.40. The fourth-order valence-corrected chi connectivity index (χ4v) is 2.78. The minimum Gasteiger partial charge on any atom is -0.371 e. The molecule has 1 aliphatic heterocycles. The Morgan fingerprint density at radius 1 is 1.35 bits per heavy atom. The van der Waals surface area contributed by atoms with Crippen LogP contribution in [0, 0.1) is 0 Å². The van der Waals surface area contributed by atoms with Gasteiger partial charge in [0.15, 0.2) is 0 Å². The molecule has 2 heterocycles. The Bertz CT molecular complexity index is 611. The lowest BCUT2D eigenvalue weighted by molar-refractivity contribution is 0.140. The van der Waals surface area contributed by atoms with Crippen LogP contribution in [0.5, 0.6) is 0 Å². The minimum absolute atomic E-state index is 0.0149. The number of likely N-dealkylation sites (tertiary alicyclic amines) is 1. The number of aromatic nitrogens is 2. The summed E-state index contributed by atoms with van der Waals surface area (Å²) in [5.74, 6) is 0. The van der Waals surface area contributed by atoms with Crippen molar-refractivity contribution in [3.8, 4) is 0 Å². The van der Waals surface area contributed by atoms with Crippen LogP contribution in [-0.4, -0.2) is 65.9 Å². The van der Waals surface area contributed by atoms with Crippen molar-refractivity contribution < 1.29 is 4.79 Å². The van der Waals surface area contributed by atoms with Gasteiger partial charge in [0.2, 0.25) is 0 Å². The molecule has 2 rings (SSSR count). The van der Waals surface area contributed by atoms with Gasteiger partial charge in [0.05, 0.1) is 17.9 Å². The molecular formula is C16H27N5O2. The van der Waals surface area contributed by atoms with E-state index in [0.717, 1.165) is 25.1 Å². The van der Waals surface area contributed by atoms with Crippen molar-refractivity contribution in [1.82, 2.24) is 19.6 Å². The quantitative estimate of drug-likeness (QED) is 0.844. The Morgan fingerprint density at radius 2 is 2.04 bits per heavy atom. The number of urea groups is 1. The smallest absolute Gasteiger partial charge is 0.319 e. The molecule has 1 atom stereocenters. The van der Waals surface area contributed by atoms with Crippen LogP contribution in [0.3, 0.4) is 0 Å². The molecule has 0 spiro atoms. The Morgan fingerprint density at radius 3 is 2.61 bits per heavy atom. The molecule has 0 saturated carbocycles. The monoisotopic (exact) mass is 321 g/mol. The Hall–Kier alpha value is -2.05. The van der Waals surface area contributed by atoms with Crippen LogP contribution in [0.25, 0.3) is 0 Å². The van der Waals surface area contributed by atoms with Gasteiger partial charge in [0.25, 0.3) is 5.56 Å². The van der Waals surface area contributed by atoms with E-state index in [1.165, 1.54) is 4.68 Å². The summed E-state index contributed by atoms with van der Waals surface area (Å²) < 4.78 is 1.52. The van der Waals surface area contributed by atoms with Gasteiger partial charge in [-0.05, 0) is 26.7 Å². The van der Waals surface area contributed by atoms with E-state index in [-0.39, 0.29) is 17.6 Å². The molecule has 0 aromatic carbocycles. The minimum atomic E-state index is -0.112. The van der Waals surface area contributed by atoms with Gasteiger partial charge in [0, 0.05) is 46.3 Å². The van der Waals surface area contributed by atoms with Crippen molar-refractivity contribution in [2.45, 2.75) is 38.8 Å². The molecule has 0 radical (unpaired) electrons. The fourth-order valence-electron chi connectivity index (χ4n) is 2.78. The zero-order valence-corrected chi connectivity index (χ0v) is 14.7. The highest BCUT2D eigenvalue weighted by Gasteiger charge is 2.27. The topological polar surface area (TPSA) is 61.7 Å². The van der Waals surface area contributed by atoms with Gasteiger partial charge in [-0.15, -0.1) is 0 Å². The molecule has 23 heavy (non-hydrogen) atoms. The Kier molecular flexibility index (Phi) is 5.28. The maximum absolute atomic E-state index is 12.4. The Labute approximate surface area is 137 Å². The molecule has 1 aromatic heterocycles. The highest BCUT2D eigenvalue weighted by Crippen LogP contribution is 2.21. The van der Waals surface area contributed by atoms with E-state index in [1.807, 2.05) is 11.9 Å². The summed E-state index contributed by atoms with van der Waals surface area (Å²) in [4.78, 5) is 29.9. The predicted octanol–water partition coefficient (Wildman–Crippen LogP) is 1.41. The first-order chi connectivity index (χ1) is 10.8. The number of rotatable bonds is 3. The van der Waals surface area contributed by atoms with Gasteiger partial charge in [-0.2, -0.15) is 5.10 Å². The molecule has 0 aliphatic carbocycles. The first-order valence-corrected chi connectivity index (χ1v) is 8.09. The molecule has 0 bridgehead atoms. The maximum Gasteiger partial charge on any atom is 0.319 e. The number of anilines is 1. The summed E-state index contributed by atoms with van der Waals surface area (Å²) in [5.41, 5.74) is 0.706. The molecule has 7 nitrogen and oxygen atoms in total. The van der Waals surface area contributed by atoms with E-state index in [9.17, 15) is 9.59 Å².